The molecule has 0 aliphatic rings. The number of allylic oxidation sites excluding steroid dienone is 1. The van der Waals surface area contributed by atoms with Crippen LogP contribution in [0, 0.1) is 11.3 Å². The first kappa shape index (κ1) is 25.3. The molecule has 0 fully saturated rings. The average molecular weight is 490 g/mol. The lowest BCUT2D eigenvalue weighted by molar-refractivity contribution is -0.134. The first-order valence-electron chi connectivity index (χ1n) is 11.9. The van der Waals surface area contributed by atoms with E-state index in [9.17, 15) is 10.1 Å². The predicted molar refractivity (Wildman–Crippen MR) is 144 cm³/mol. The lowest BCUT2D eigenvalue weighted by Gasteiger charge is -2.18. The van der Waals surface area contributed by atoms with Gasteiger partial charge in [-0.15, -0.1) is 0 Å². The summed E-state index contributed by atoms with van der Waals surface area (Å²) in [6.45, 7) is 0. The molecule has 5 nitrogen and oxygen atoms in total. The second-order valence-electron chi connectivity index (χ2n) is 8.33. The van der Waals surface area contributed by atoms with Crippen LogP contribution in [0.2, 0.25) is 0 Å². The molecule has 0 atom stereocenters. The molecule has 0 aliphatic carbocycles. The summed E-state index contributed by atoms with van der Waals surface area (Å²) >= 11 is 0. The first-order chi connectivity index (χ1) is 18.1. The normalized spacial score (nSPS) is 11.0. The Hall–Kier alpha value is -4.82. The van der Waals surface area contributed by atoms with Crippen molar-refractivity contribution in [1.82, 2.24) is 0 Å². The summed E-state index contributed by atoms with van der Waals surface area (Å²) in [4.78, 5) is 13.1. The second kappa shape index (κ2) is 12.2. The number of nitriles is 1. The van der Waals surface area contributed by atoms with Gasteiger partial charge in [-0.2, -0.15) is 5.26 Å². The Morgan fingerprint density at radius 3 is 1.97 bits per heavy atom. The molecule has 0 N–H and O–H groups in total. The van der Waals surface area contributed by atoms with E-state index in [1.54, 1.807) is 31.4 Å². The molecule has 0 heterocycles. The summed E-state index contributed by atoms with van der Waals surface area (Å²) in [6.07, 6.45) is 1.91. The fraction of sp³-hybridized carbons (Fsp3) is 0.125. The summed E-state index contributed by atoms with van der Waals surface area (Å²) in [6, 6.07) is 34.6. The van der Waals surface area contributed by atoms with Crippen LogP contribution < -0.4 is 14.2 Å². The molecular formula is C32H27NO4. The SMILES string of the molecule is COc1cc(/C=C(/C#N)c2ccccc2OC)ccc1OC(=O)CC(c1ccccc1)c1ccccc1. The van der Waals surface area contributed by atoms with Gasteiger partial charge in [0.2, 0.25) is 0 Å². The van der Waals surface area contributed by atoms with Gasteiger partial charge in [-0.05, 0) is 47.0 Å². The zero-order chi connectivity index (χ0) is 26.0. The largest absolute Gasteiger partial charge is 0.496 e. The molecular weight excluding hydrogens is 462 g/mol. The Morgan fingerprint density at radius 1 is 0.784 bits per heavy atom. The van der Waals surface area contributed by atoms with Gasteiger partial charge in [-0.25, -0.2) is 0 Å². The summed E-state index contributed by atoms with van der Waals surface area (Å²) in [5.74, 6) is 0.822. The monoisotopic (exact) mass is 489 g/mol. The predicted octanol–water partition coefficient (Wildman–Crippen LogP) is 6.90. The number of rotatable bonds is 9. The molecule has 0 unspecified atom stereocenters. The maximum atomic E-state index is 13.1. The zero-order valence-corrected chi connectivity index (χ0v) is 20.8. The minimum absolute atomic E-state index is 0.137. The number of nitrogens with zero attached hydrogens (tertiary/aromatic N) is 1. The zero-order valence-electron chi connectivity index (χ0n) is 20.8. The first-order valence-corrected chi connectivity index (χ1v) is 11.9. The van der Waals surface area contributed by atoms with Gasteiger partial charge < -0.3 is 14.2 Å². The summed E-state index contributed by atoms with van der Waals surface area (Å²) < 4.78 is 16.7. The van der Waals surface area contributed by atoms with Crippen molar-refractivity contribution in [3.05, 3.63) is 125 Å². The second-order valence-corrected chi connectivity index (χ2v) is 8.33. The van der Waals surface area contributed by atoms with E-state index in [4.69, 9.17) is 14.2 Å². The van der Waals surface area contributed by atoms with Gasteiger partial charge in [-0.3, -0.25) is 4.79 Å². The highest BCUT2D eigenvalue weighted by molar-refractivity contribution is 5.92. The van der Waals surface area contributed by atoms with Gasteiger partial charge in [0.1, 0.15) is 5.75 Å². The van der Waals surface area contributed by atoms with Gasteiger partial charge in [-0.1, -0.05) is 78.9 Å². The topological polar surface area (TPSA) is 68.6 Å². The number of carbonyl (C=O) groups excluding carboxylic acids is 1. The molecule has 0 aromatic heterocycles. The van der Waals surface area contributed by atoms with Crippen molar-refractivity contribution < 1.29 is 19.0 Å². The third kappa shape index (κ3) is 6.25. The molecule has 4 aromatic rings. The number of benzene rings is 4. The molecule has 37 heavy (non-hydrogen) atoms. The Bertz CT molecular complexity index is 1380. The highest BCUT2D eigenvalue weighted by atomic mass is 16.6. The molecule has 5 heteroatoms. The number of para-hydroxylation sites is 1. The number of carbonyl (C=O) groups is 1. The van der Waals surface area contributed by atoms with Crippen LogP contribution in [0.4, 0.5) is 0 Å². The quantitative estimate of drug-likeness (QED) is 0.111. The maximum Gasteiger partial charge on any atom is 0.312 e. The average Bonchev–Trinajstić information content (AvgIpc) is 2.96. The maximum absolute atomic E-state index is 13.1. The Balaban J connectivity index is 1.57. The van der Waals surface area contributed by atoms with Gasteiger partial charge in [0, 0.05) is 11.5 Å². The van der Waals surface area contributed by atoms with E-state index in [0.717, 1.165) is 16.7 Å². The van der Waals surface area contributed by atoms with Crippen molar-refractivity contribution in [3.63, 3.8) is 0 Å². The molecule has 0 aliphatic heterocycles. The van der Waals surface area contributed by atoms with Crippen molar-refractivity contribution >= 4 is 17.6 Å². The molecule has 0 bridgehead atoms. The van der Waals surface area contributed by atoms with Gasteiger partial charge in [0.25, 0.3) is 0 Å². The minimum Gasteiger partial charge on any atom is -0.496 e. The molecule has 4 rings (SSSR count). The van der Waals surface area contributed by atoms with E-state index >= 15 is 0 Å². The molecule has 0 radical (unpaired) electrons. The van der Waals surface area contributed by atoms with Crippen LogP contribution in [0.5, 0.6) is 17.2 Å². The van der Waals surface area contributed by atoms with E-state index in [1.165, 1.54) is 7.11 Å². The van der Waals surface area contributed by atoms with Crippen LogP contribution in [-0.4, -0.2) is 20.2 Å². The summed E-state index contributed by atoms with van der Waals surface area (Å²) in [7, 11) is 3.09. The Kier molecular flexibility index (Phi) is 8.36. The van der Waals surface area contributed by atoms with E-state index in [1.807, 2.05) is 84.9 Å². The fourth-order valence-corrected chi connectivity index (χ4v) is 4.19. The van der Waals surface area contributed by atoms with Crippen molar-refractivity contribution in [1.29, 1.82) is 5.26 Å². The van der Waals surface area contributed by atoms with Gasteiger partial charge in [0.15, 0.2) is 11.5 Å². The molecule has 4 aromatic carbocycles. The standard InChI is InChI=1S/C32H27NO4/c1-35-29-16-10-9-15-27(29)26(22-33)19-23-17-18-30(31(20-23)36-2)37-32(34)21-28(24-11-5-3-6-12-24)25-13-7-4-8-14-25/h3-20,28H,21H2,1-2H3/b26-19-. The van der Waals surface area contributed by atoms with Crippen LogP contribution in [0.3, 0.4) is 0 Å². The molecule has 184 valence electrons. The summed E-state index contributed by atoms with van der Waals surface area (Å²) in [5.41, 5.74) is 3.94. The van der Waals surface area contributed by atoms with Crippen LogP contribution in [0.25, 0.3) is 11.6 Å². The van der Waals surface area contributed by atoms with Crippen LogP contribution in [0.15, 0.2) is 103 Å². The van der Waals surface area contributed by atoms with Crippen LogP contribution >= 0.6 is 0 Å². The number of hydrogen-bond donors (Lipinski definition) is 0. The van der Waals surface area contributed by atoms with Crippen LogP contribution in [0.1, 0.15) is 34.6 Å². The smallest absolute Gasteiger partial charge is 0.312 e. The van der Waals surface area contributed by atoms with Gasteiger partial charge >= 0.3 is 5.97 Å². The minimum atomic E-state index is -0.369. The summed E-state index contributed by atoms with van der Waals surface area (Å²) in [5, 5.41) is 9.76. The van der Waals surface area contributed by atoms with E-state index in [2.05, 4.69) is 6.07 Å². The lowest BCUT2D eigenvalue weighted by Crippen LogP contribution is -2.14. The number of hydrogen-bond acceptors (Lipinski definition) is 5. The van der Waals surface area contributed by atoms with E-state index < -0.39 is 0 Å². The number of esters is 1. The number of ether oxygens (including phenoxy) is 3. The number of methoxy groups -OCH3 is 2. The van der Waals surface area contributed by atoms with Crippen molar-refractivity contribution in [2.45, 2.75) is 12.3 Å². The highest BCUT2D eigenvalue weighted by Gasteiger charge is 2.20. The molecule has 0 spiro atoms. The Morgan fingerprint density at radius 2 is 1.38 bits per heavy atom. The third-order valence-electron chi connectivity index (χ3n) is 6.01. The molecule has 0 saturated heterocycles. The van der Waals surface area contributed by atoms with Crippen molar-refractivity contribution in [2.24, 2.45) is 0 Å². The fourth-order valence-electron chi connectivity index (χ4n) is 4.19. The van der Waals surface area contributed by atoms with Crippen LogP contribution in [-0.2, 0) is 4.79 Å². The highest BCUT2D eigenvalue weighted by Crippen LogP contribution is 2.33. The van der Waals surface area contributed by atoms with E-state index in [-0.39, 0.29) is 18.3 Å². The molecule has 0 saturated carbocycles. The molecule has 0 amide bonds. The van der Waals surface area contributed by atoms with Gasteiger partial charge in [0.05, 0.1) is 32.3 Å². The van der Waals surface area contributed by atoms with Crippen molar-refractivity contribution in [2.75, 3.05) is 14.2 Å². The lowest BCUT2D eigenvalue weighted by atomic mass is 9.88. The van der Waals surface area contributed by atoms with Crippen molar-refractivity contribution in [3.8, 4) is 23.3 Å². The van der Waals surface area contributed by atoms with E-state index in [0.29, 0.717) is 28.4 Å². The Labute approximate surface area is 217 Å². The third-order valence-corrected chi connectivity index (χ3v) is 6.01.